The molecule has 1 aliphatic rings. The number of hydrogen-bond acceptors (Lipinski definition) is 6. The summed E-state index contributed by atoms with van der Waals surface area (Å²) >= 11 is 1.37. The highest BCUT2D eigenvalue weighted by atomic mass is 32.1. The number of hydrazone groups is 1. The fraction of sp³-hybridized carbons (Fsp3) is 0.235. The zero-order valence-corrected chi connectivity index (χ0v) is 14.3. The first kappa shape index (κ1) is 16.8. The minimum absolute atomic E-state index is 0.104. The third kappa shape index (κ3) is 4.08. The maximum Gasteiger partial charge on any atom is 0.273 e. The third-order valence-corrected chi connectivity index (χ3v) is 4.59. The number of aromatic nitrogens is 1. The fourth-order valence-corrected chi connectivity index (χ4v) is 3.24. The average molecular weight is 353 g/mol. The maximum absolute atomic E-state index is 12.2. The molecule has 3 rings (SSSR count). The van der Waals surface area contributed by atoms with E-state index < -0.39 is 0 Å². The molecule has 0 radical (unpaired) electrons. The number of thiazole rings is 1. The van der Waals surface area contributed by atoms with Crippen molar-refractivity contribution in [1.29, 1.82) is 5.26 Å². The molecule has 8 heteroatoms. The van der Waals surface area contributed by atoms with Gasteiger partial charge >= 0.3 is 0 Å². The number of carbonyl (C=O) groups is 2. The molecule has 0 atom stereocenters. The zero-order chi connectivity index (χ0) is 17.8. The predicted octanol–water partition coefficient (Wildman–Crippen LogP) is 2.15. The summed E-state index contributed by atoms with van der Waals surface area (Å²) in [4.78, 5) is 28.8. The molecule has 1 aliphatic heterocycles. The summed E-state index contributed by atoms with van der Waals surface area (Å²) in [6, 6.07) is 9.50. The predicted molar refractivity (Wildman–Crippen MR) is 94.1 cm³/mol. The average Bonchev–Trinajstić information content (AvgIpc) is 3.04. The van der Waals surface area contributed by atoms with E-state index in [1.54, 1.807) is 12.3 Å². The lowest BCUT2D eigenvalue weighted by atomic mass is 10.1. The maximum atomic E-state index is 12.2. The molecule has 1 aromatic heterocycles. The first-order valence-corrected chi connectivity index (χ1v) is 8.46. The second-order valence-electron chi connectivity index (χ2n) is 5.54. The van der Waals surface area contributed by atoms with Gasteiger partial charge in [-0.2, -0.15) is 10.4 Å². The minimum atomic E-state index is -0.341. The number of hydrogen-bond donors (Lipinski definition) is 1. The summed E-state index contributed by atoms with van der Waals surface area (Å²) in [7, 11) is 1.53. The Kier molecular flexibility index (Phi) is 4.86. The van der Waals surface area contributed by atoms with Crippen LogP contribution in [0.5, 0.6) is 0 Å². The van der Waals surface area contributed by atoms with Gasteiger partial charge in [-0.1, -0.05) is 12.1 Å². The Morgan fingerprint density at radius 1 is 1.44 bits per heavy atom. The zero-order valence-electron chi connectivity index (χ0n) is 13.5. The largest absolute Gasteiger partial charge is 0.297 e. The highest BCUT2D eigenvalue weighted by Crippen LogP contribution is 2.22. The van der Waals surface area contributed by atoms with Crippen LogP contribution in [0.15, 0.2) is 35.6 Å². The van der Waals surface area contributed by atoms with Gasteiger partial charge in [0.05, 0.1) is 11.6 Å². The molecular formula is C17H15N5O2S. The van der Waals surface area contributed by atoms with Crippen molar-refractivity contribution in [2.45, 2.75) is 19.3 Å². The van der Waals surface area contributed by atoms with E-state index in [0.29, 0.717) is 29.2 Å². The van der Waals surface area contributed by atoms with Gasteiger partial charge in [-0.05, 0) is 17.7 Å². The molecule has 0 saturated heterocycles. The molecule has 2 amide bonds. The van der Waals surface area contributed by atoms with E-state index in [1.165, 1.54) is 23.4 Å². The molecule has 0 spiro atoms. The fourth-order valence-electron chi connectivity index (χ4n) is 2.40. The van der Waals surface area contributed by atoms with Crippen molar-refractivity contribution in [1.82, 2.24) is 9.99 Å². The van der Waals surface area contributed by atoms with Crippen LogP contribution in [-0.4, -0.2) is 34.6 Å². The van der Waals surface area contributed by atoms with E-state index in [1.807, 2.05) is 18.2 Å². The van der Waals surface area contributed by atoms with E-state index in [4.69, 9.17) is 5.26 Å². The summed E-state index contributed by atoms with van der Waals surface area (Å²) in [5, 5.41) is 17.3. The van der Waals surface area contributed by atoms with Crippen molar-refractivity contribution in [3.05, 3.63) is 46.5 Å². The molecule has 7 nitrogen and oxygen atoms in total. The minimum Gasteiger partial charge on any atom is -0.297 e. The van der Waals surface area contributed by atoms with Gasteiger partial charge in [0.25, 0.3) is 5.91 Å². The SMILES string of the molecule is CN1N=C(C(=O)Nc2ncc(Cc3cccc(C#N)c3)s2)CCC1=O. The lowest BCUT2D eigenvalue weighted by molar-refractivity contribution is -0.130. The number of nitrogens with zero attached hydrogens (tertiary/aromatic N) is 4. The van der Waals surface area contributed by atoms with E-state index >= 15 is 0 Å². The second-order valence-corrected chi connectivity index (χ2v) is 6.65. The van der Waals surface area contributed by atoms with Crippen LogP contribution in [0, 0.1) is 11.3 Å². The Morgan fingerprint density at radius 2 is 2.28 bits per heavy atom. The van der Waals surface area contributed by atoms with Gasteiger partial charge in [0.2, 0.25) is 5.91 Å². The van der Waals surface area contributed by atoms with Crippen LogP contribution in [0.4, 0.5) is 5.13 Å². The Morgan fingerprint density at radius 3 is 3.04 bits per heavy atom. The molecule has 2 aromatic rings. The molecule has 1 aromatic carbocycles. The number of rotatable bonds is 4. The van der Waals surface area contributed by atoms with Gasteiger partial charge in [0.1, 0.15) is 5.71 Å². The third-order valence-electron chi connectivity index (χ3n) is 3.68. The number of nitrogens with one attached hydrogen (secondary N) is 1. The summed E-state index contributed by atoms with van der Waals surface area (Å²) < 4.78 is 0. The number of carbonyl (C=O) groups excluding carboxylic acids is 2. The van der Waals surface area contributed by atoms with Gasteiger partial charge in [0.15, 0.2) is 5.13 Å². The van der Waals surface area contributed by atoms with E-state index in [9.17, 15) is 9.59 Å². The van der Waals surface area contributed by atoms with Gasteiger partial charge in [-0.3, -0.25) is 14.9 Å². The van der Waals surface area contributed by atoms with Gasteiger partial charge in [-0.25, -0.2) is 9.99 Å². The van der Waals surface area contributed by atoms with Gasteiger partial charge in [-0.15, -0.1) is 11.3 Å². The quantitative estimate of drug-likeness (QED) is 0.910. The monoisotopic (exact) mass is 353 g/mol. The topological polar surface area (TPSA) is 98.4 Å². The molecule has 0 saturated carbocycles. The summed E-state index contributed by atoms with van der Waals surface area (Å²) in [5.41, 5.74) is 1.95. The Bertz CT molecular complexity index is 896. The molecule has 126 valence electrons. The molecule has 2 heterocycles. The first-order chi connectivity index (χ1) is 12.0. The van der Waals surface area contributed by atoms with Crippen LogP contribution < -0.4 is 5.32 Å². The van der Waals surface area contributed by atoms with Crippen LogP contribution in [0.25, 0.3) is 0 Å². The summed E-state index contributed by atoms with van der Waals surface area (Å²) in [6.45, 7) is 0. The van der Waals surface area contributed by atoms with Crippen molar-refractivity contribution >= 4 is 34.0 Å². The highest BCUT2D eigenvalue weighted by molar-refractivity contribution is 7.15. The summed E-state index contributed by atoms with van der Waals surface area (Å²) in [5.74, 6) is -0.445. The van der Waals surface area contributed by atoms with Crippen LogP contribution in [0.2, 0.25) is 0 Å². The van der Waals surface area contributed by atoms with Crippen molar-refractivity contribution < 1.29 is 9.59 Å². The van der Waals surface area contributed by atoms with Gasteiger partial charge in [0, 0.05) is 37.4 Å². The van der Waals surface area contributed by atoms with E-state index in [2.05, 4.69) is 21.5 Å². The number of amides is 2. The van der Waals surface area contributed by atoms with Crippen LogP contribution in [0.1, 0.15) is 28.8 Å². The Labute approximate surface area is 148 Å². The van der Waals surface area contributed by atoms with Crippen LogP contribution >= 0.6 is 11.3 Å². The number of benzene rings is 1. The lowest BCUT2D eigenvalue weighted by Gasteiger charge is -2.18. The molecule has 0 aliphatic carbocycles. The first-order valence-electron chi connectivity index (χ1n) is 7.64. The molecular weight excluding hydrogens is 338 g/mol. The second kappa shape index (κ2) is 7.23. The van der Waals surface area contributed by atoms with E-state index in [0.717, 1.165) is 10.4 Å². The van der Waals surface area contributed by atoms with Crippen molar-refractivity contribution in [2.24, 2.45) is 5.10 Å². The summed E-state index contributed by atoms with van der Waals surface area (Å²) in [6.07, 6.45) is 2.95. The lowest BCUT2D eigenvalue weighted by Crippen LogP contribution is -2.34. The van der Waals surface area contributed by atoms with Crippen molar-refractivity contribution in [3.63, 3.8) is 0 Å². The van der Waals surface area contributed by atoms with Gasteiger partial charge < -0.3 is 0 Å². The van der Waals surface area contributed by atoms with Crippen LogP contribution in [-0.2, 0) is 16.0 Å². The van der Waals surface area contributed by atoms with E-state index in [-0.39, 0.29) is 18.2 Å². The molecule has 1 N–H and O–H groups in total. The Balaban J connectivity index is 1.65. The molecule has 0 unspecified atom stereocenters. The number of nitriles is 1. The highest BCUT2D eigenvalue weighted by Gasteiger charge is 2.22. The standard InChI is InChI=1S/C17H15N5O2S/c1-22-15(23)6-5-14(21-22)16(24)20-17-19-10-13(25-17)8-11-3-2-4-12(7-11)9-18/h2-4,7,10H,5-6,8H2,1H3,(H,19,20,24). The Hall–Kier alpha value is -3.05. The smallest absolute Gasteiger partial charge is 0.273 e. The normalized spacial score (nSPS) is 14.0. The van der Waals surface area contributed by atoms with Crippen molar-refractivity contribution in [2.75, 3.05) is 12.4 Å². The molecule has 25 heavy (non-hydrogen) atoms. The van der Waals surface area contributed by atoms with Crippen molar-refractivity contribution in [3.8, 4) is 6.07 Å². The number of anilines is 1. The molecule has 0 fully saturated rings. The molecule has 0 bridgehead atoms. The van der Waals surface area contributed by atoms with Crippen LogP contribution in [0.3, 0.4) is 0 Å².